The normalized spacial score (nSPS) is 14.0. The molecule has 0 radical (unpaired) electrons. The topological polar surface area (TPSA) is 105 Å². The molecule has 9 nitrogen and oxygen atoms in total. The monoisotopic (exact) mass is 324 g/mol. The highest BCUT2D eigenvalue weighted by molar-refractivity contribution is 5.97. The van der Waals surface area contributed by atoms with Gasteiger partial charge < -0.3 is 14.6 Å². The Morgan fingerprint density at radius 3 is 2.57 bits per heavy atom. The predicted molar refractivity (Wildman–Crippen MR) is 78.4 cm³/mol. The van der Waals surface area contributed by atoms with Gasteiger partial charge in [0.1, 0.15) is 17.9 Å². The van der Waals surface area contributed by atoms with E-state index in [-0.39, 0.29) is 19.1 Å². The number of aromatic nitrogens is 1. The van der Waals surface area contributed by atoms with Gasteiger partial charge in [0.15, 0.2) is 0 Å². The molecule has 2 rings (SSSR count). The number of hydrogen-bond donors (Lipinski definition) is 1. The standard InChI is InChI=1S/C14H20N4O5/c1-4-22-11(19)8-15-14(21)18-7-5-6-17(18)13(20)12-9(2)16-23-10(12)3/h4-8H2,1-3H3,(H,15,21). The number of esters is 1. The fourth-order valence-electron chi connectivity index (χ4n) is 2.40. The van der Waals surface area contributed by atoms with Gasteiger partial charge in [-0.3, -0.25) is 9.59 Å². The van der Waals surface area contributed by atoms with Crippen LogP contribution < -0.4 is 5.32 Å². The van der Waals surface area contributed by atoms with Gasteiger partial charge in [-0.15, -0.1) is 0 Å². The second kappa shape index (κ2) is 7.12. The third-order valence-corrected chi connectivity index (χ3v) is 3.44. The van der Waals surface area contributed by atoms with E-state index in [1.807, 2.05) is 0 Å². The lowest BCUT2D eigenvalue weighted by molar-refractivity contribution is -0.141. The first-order valence-corrected chi connectivity index (χ1v) is 7.41. The first-order chi connectivity index (χ1) is 11.0. The number of urea groups is 1. The van der Waals surface area contributed by atoms with Crippen LogP contribution in [0.15, 0.2) is 4.52 Å². The number of carbonyl (C=O) groups is 3. The molecule has 126 valence electrons. The molecule has 0 bridgehead atoms. The summed E-state index contributed by atoms with van der Waals surface area (Å²) in [5, 5.41) is 8.83. The Labute approximate surface area is 133 Å². The van der Waals surface area contributed by atoms with Gasteiger partial charge in [0.05, 0.1) is 12.3 Å². The van der Waals surface area contributed by atoms with Crippen molar-refractivity contribution in [3.8, 4) is 0 Å². The van der Waals surface area contributed by atoms with Crippen LogP contribution in [-0.4, -0.2) is 59.3 Å². The largest absolute Gasteiger partial charge is 0.465 e. The highest BCUT2D eigenvalue weighted by Gasteiger charge is 2.34. The number of carbonyl (C=O) groups excluding carboxylic acids is 3. The summed E-state index contributed by atoms with van der Waals surface area (Å²) in [5.41, 5.74) is 0.835. The van der Waals surface area contributed by atoms with Crippen molar-refractivity contribution in [1.29, 1.82) is 0 Å². The van der Waals surface area contributed by atoms with Gasteiger partial charge >= 0.3 is 12.0 Å². The van der Waals surface area contributed by atoms with Crippen LogP contribution in [0.4, 0.5) is 4.79 Å². The Kier molecular flexibility index (Phi) is 5.20. The van der Waals surface area contributed by atoms with Crippen LogP contribution in [0.3, 0.4) is 0 Å². The summed E-state index contributed by atoms with van der Waals surface area (Å²) in [4.78, 5) is 36.1. The minimum atomic E-state index is -0.524. The Bertz CT molecular complexity index is 593. The van der Waals surface area contributed by atoms with Gasteiger partial charge in [0.2, 0.25) is 0 Å². The van der Waals surface area contributed by atoms with E-state index in [4.69, 9.17) is 9.26 Å². The fourth-order valence-corrected chi connectivity index (χ4v) is 2.40. The molecule has 1 saturated heterocycles. The number of ether oxygens (including phenoxy) is 1. The molecule has 0 spiro atoms. The SMILES string of the molecule is CCOC(=O)CNC(=O)N1CCCN1C(=O)c1c(C)noc1C. The zero-order chi connectivity index (χ0) is 17.0. The van der Waals surface area contributed by atoms with Crippen LogP contribution in [-0.2, 0) is 9.53 Å². The summed E-state index contributed by atoms with van der Waals surface area (Å²) in [6.45, 7) is 5.81. The van der Waals surface area contributed by atoms with E-state index in [1.165, 1.54) is 10.0 Å². The quantitative estimate of drug-likeness (QED) is 0.814. The lowest BCUT2D eigenvalue weighted by atomic mass is 10.2. The second-order valence-corrected chi connectivity index (χ2v) is 5.07. The molecule has 2 heterocycles. The number of hydrazine groups is 1. The van der Waals surface area contributed by atoms with E-state index in [9.17, 15) is 14.4 Å². The van der Waals surface area contributed by atoms with Crippen molar-refractivity contribution in [2.75, 3.05) is 26.2 Å². The number of aryl methyl sites for hydroxylation is 2. The van der Waals surface area contributed by atoms with Crippen molar-refractivity contribution < 1.29 is 23.6 Å². The van der Waals surface area contributed by atoms with Gasteiger partial charge in [-0.2, -0.15) is 0 Å². The maximum atomic E-state index is 12.6. The van der Waals surface area contributed by atoms with Crippen LogP contribution in [0.25, 0.3) is 0 Å². The number of amides is 3. The third kappa shape index (κ3) is 3.61. The lowest BCUT2D eigenvalue weighted by Crippen LogP contribution is -2.50. The molecule has 23 heavy (non-hydrogen) atoms. The summed E-state index contributed by atoms with van der Waals surface area (Å²) >= 11 is 0. The van der Waals surface area contributed by atoms with Crippen molar-refractivity contribution in [3.63, 3.8) is 0 Å². The summed E-state index contributed by atoms with van der Waals surface area (Å²) in [5.74, 6) is -0.458. The molecule has 0 atom stereocenters. The third-order valence-electron chi connectivity index (χ3n) is 3.44. The summed E-state index contributed by atoms with van der Waals surface area (Å²) in [7, 11) is 0. The molecule has 1 fully saturated rings. The Hall–Kier alpha value is -2.58. The van der Waals surface area contributed by atoms with E-state index in [1.54, 1.807) is 20.8 Å². The van der Waals surface area contributed by atoms with Gasteiger partial charge in [0.25, 0.3) is 5.91 Å². The Balaban J connectivity index is 2.04. The maximum Gasteiger partial charge on any atom is 0.336 e. The molecule has 0 unspecified atom stereocenters. The molecule has 0 aromatic carbocycles. The summed E-state index contributed by atoms with van der Waals surface area (Å²) in [6, 6.07) is -0.518. The smallest absolute Gasteiger partial charge is 0.336 e. The average Bonchev–Trinajstić information content (AvgIpc) is 3.12. The molecular formula is C14H20N4O5. The Morgan fingerprint density at radius 2 is 1.96 bits per heavy atom. The van der Waals surface area contributed by atoms with Crippen LogP contribution in [0.5, 0.6) is 0 Å². The lowest BCUT2D eigenvalue weighted by Gasteiger charge is -2.27. The molecule has 1 N–H and O–H groups in total. The first-order valence-electron chi connectivity index (χ1n) is 7.41. The van der Waals surface area contributed by atoms with Gasteiger partial charge in [-0.25, -0.2) is 14.8 Å². The van der Waals surface area contributed by atoms with Crippen molar-refractivity contribution in [3.05, 3.63) is 17.0 Å². The highest BCUT2D eigenvalue weighted by atomic mass is 16.5. The van der Waals surface area contributed by atoms with E-state index in [0.29, 0.717) is 36.5 Å². The van der Waals surface area contributed by atoms with Crippen molar-refractivity contribution in [2.24, 2.45) is 0 Å². The van der Waals surface area contributed by atoms with Crippen LogP contribution in [0.1, 0.15) is 35.2 Å². The van der Waals surface area contributed by atoms with E-state index in [2.05, 4.69) is 10.5 Å². The zero-order valence-corrected chi connectivity index (χ0v) is 13.4. The number of nitrogens with zero attached hydrogens (tertiary/aromatic N) is 3. The minimum Gasteiger partial charge on any atom is -0.465 e. The van der Waals surface area contributed by atoms with Crippen molar-refractivity contribution in [1.82, 2.24) is 20.5 Å². The zero-order valence-electron chi connectivity index (χ0n) is 13.4. The van der Waals surface area contributed by atoms with E-state index in [0.717, 1.165) is 0 Å². The summed E-state index contributed by atoms with van der Waals surface area (Å²) < 4.78 is 9.75. The highest BCUT2D eigenvalue weighted by Crippen LogP contribution is 2.19. The van der Waals surface area contributed by atoms with Crippen molar-refractivity contribution >= 4 is 17.9 Å². The van der Waals surface area contributed by atoms with E-state index < -0.39 is 12.0 Å². The molecule has 0 aliphatic carbocycles. The first kappa shape index (κ1) is 16.8. The van der Waals surface area contributed by atoms with Gasteiger partial charge in [-0.1, -0.05) is 5.16 Å². The van der Waals surface area contributed by atoms with E-state index >= 15 is 0 Å². The van der Waals surface area contributed by atoms with Crippen LogP contribution in [0.2, 0.25) is 0 Å². The molecular weight excluding hydrogens is 304 g/mol. The number of rotatable bonds is 4. The predicted octanol–water partition coefficient (Wildman–Crippen LogP) is 0.627. The molecule has 1 aliphatic heterocycles. The minimum absolute atomic E-state index is 0.240. The van der Waals surface area contributed by atoms with Crippen LogP contribution >= 0.6 is 0 Å². The molecule has 3 amide bonds. The summed E-state index contributed by atoms with van der Waals surface area (Å²) in [6.07, 6.45) is 0.655. The second-order valence-electron chi connectivity index (χ2n) is 5.07. The van der Waals surface area contributed by atoms with Crippen molar-refractivity contribution in [2.45, 2.75) is 27.2 Å². The number of hydrogen-bond acceptors (Lipinski definition) is 6. The fraction of sp³-hybridized carbons (Fsp3) is 0.571. The molecule has 1 aliphatic rings. The molecule has 1 aromatic rings. The van der Waals surface area contributed by atoms with Gasteiger partial charge in [-0.05, 0) is 27.2 Å². The average molecular weight is 324 g/mol. The Morgan fingerprint density at radius 1 is 1.26 bits per heavy atom. The van der Waals surface area contributed by atoms with Gasteiger partial charge in [0, 0.05) is 13.1 Å². The van der Waals surface area contributed by atoms with Crippen LogP contribution in [0, 0.1) is 13.8 Å². The molecule has 1 aromatic heterocycles. The molecule has 0 saturated carbocycles. The number of nitrogens with one attached hydrogen (secondary N) is 1. The molecule has 9 heteroatoms. The maximum absolute atomic E-state index is 12.6.